The van der Waals surface area contributed by atoms with Crippen LogP contribution in [-0.4, -0.2) is 35.2 Å². The zero-order chi connectivity index (χ0) is 14.5. The molecular formula is C12H20N2O5. The van der Waals surface area contributed by atoms with Gasteiger partial charge in [0.25, 0.3) is 11.8 Å². The van der Waals surface area contributed by atoms with Gasteiger partial charge in [-0.1, -0.05) is 13.3 Å². The Bertz CT molecular complexity index is 351. The van der Waals surface area contributed by atoms with Gasteiger partial charge < -0.3 is 15.3 Å². The number of unbranched alkanes of at least 4 members (excludes halogenated alkanes) is 1. The van der Waals surface area contributed by atoms with Crippen LogP contribution in [0.1, 0.15) is 46.0 Å². The van der Waals surface area contributed by atoms with Crippen molar-refractivity contribution in [2.75, 3.05) is 6.61 Å². The lowest BCUT2D eigenvalue weighted by atomic mass is 10.2. The third-order valence-corrected chi connectivity index (χ3v) is 2.62. The maximum Gasteiger partial charge on any atom is 0.337 e. The van der Waals surface area contributed by atoms with Crippen LogP contribution < -0.4 is 5.73 Å². The van der Waals surface area contributed by atoms with Gasteiger partial charge in [-0.15, -0.1) is 5.06 Å². The van der Waals surface area contributed by atoms with Crippen LogP contribution in [0.25, 0.3) is 0 Å². The molecule has 0 aliphatic carbocycles. The third kappa shape index (κ3) is 4.96. The minimum atomic E-state index is -1.17. The number of amides is 2. The molecule has 0 aromatic rings. The van der Waals surface area contributed by atoms with Gasteiger partial charge in [0.05, 0.1) is 6.42 Å². The zero-order valence-corrected chi connectivity index (χ0v) is 11.3. The lowest BCUT2D eigenvalue weighted by Crippen LogP contribution is -2.44. The van der Waals surface area contributed by atoms with Crippen LogP contribution in [0.4, 0.5) is 0 Å². The summed E-state index contributed by atoms with van der Waals surface area (Å²) in [6.45, 7) is 4.01. The van der Waals surface area contributed by atoms with Crippen molar-refractivity contribution in [3.63, 3.8) is 0 Å². The molecule has 2 N–H and O–H groups in total. The molecule has 1 fully saturated rings. The van der Waals surface area contributed by atoms with Gasteiger partial charge >= 0.3 is 5.97 Å². The maximum absolute atomic E-state index is 11.6. The lowest BCUT2D eigenvalue weighted by Gasteiger charge is -2.24. The summed E-state index contributed by atoms with van der Waals surface area (Å²) in [5.41, 5.74) is 4.62. The average Bonchev–Trinajstić information content (AvgIpc) is 2.60. The molecule has 0 aromatic carbocycles. The van der Waals surface area contributed by atoms with Crippen molar-refractivity contribution in [2.45, 2.75) is 51.7 Å². The highest BCUT2D eigenvalue weighted by Crippen LogP contribution is 2.15. The second kappa shape index (κ2) is 6.63. The summed E-state index contributed by atoms with van der Waals surface area (Å²) in [5, 5.41) is 0.504. The molecule has 0 aromatic heterocycles. The van der Waals surface area contributed by atoms with Gasteiger partial charge in [-0.05, 0) is 13.3 Å². The molecule has 1 unspecified atom stereocenters. The Kier molecular flexibility index (Phi) is 5.44. The van der Waals surface area contributed by atoms with E-state index in [0.717, 1.165) is 12.8 Å². The summed E-state index contributed by atoms with van der Waals surface area (Å²) in [7, 11) is 0. The summed E-state index contributed by atoms with van der Waals surface area (Å²) in [4.78, 5) is 38.8. The van der Waals surface area contributed by atoms with Crippen LogP contribution in [0.3, 0.4) is 0 Å². The first kappa shape index (κ1) is 15.6. The van der Waals surface area contributed by atoms with E-state index in [1.807, 2.05) is 6.92 Å². The number of ether oxygens (including phenoxy) is 1. The first-order chi connectivity index (χ1) is 8.85. The minimum Gasteiger partial charge on any atom is -0.361 e. The summed E-state index contributed by atoms with van der Waals surface area (Å²) in [5.74, 6) is -1.78. The zero-order valence-electron chi connectivity index (χ0n) is 11.3. The molecule has 0 radical (unpaired) electrons. The molecule has 0 saturated carbocycles. The number of nitrogens with two attached hydrogens (primary N) is 1. The maximum atomic E-state index is 11.6. The number of imide groups is 1. The quantitative estimate of drug-likeness (QED) is 0.411. The van der Waals surface area contributed by atoms with Crippen molar-refractivity contribution >= 4 is 17.8 Å². The van der Waals surface area contributed by atoms with Crippen LogP contribution in [0.5, 0.6) is 0 Å². The van der Waals surface area contributed by atoms with Crippen LogP contribution >= 0.6 is 0 Å². The van der Waals surface area contributed by atoms with Crippen molar-refractivity contribution in [2.24, 2.45) is 5.73 Å². The van der Waals surface area contributed by atoms with E-state index in [0.29, 0.717) is 11.7 Å². The van der Waals surface area contributed by atoms with Gasteiger partial charge in [-0.25, -0.2) is 4.79 Å². The van der Waals surface area contributed by atoms with E-state index < -0.39 is 23.5 Å². The number of hydrogen-bond donors (Lipinski definition) is 1. The highest BCUT2D eigenvalue weighted by molar-refractivity contribution is 6.01. The van der Waals surface area contributed by atoms with E-state index in [2.05, 4.69) is 0 Å². The Labute approximate surface area is 112 Å². The SMILES string of the molecule is CCCCOC(C)(N)CC(=O)ON1C(=O)CCC1=O. The minimum absolute atomic E-state index is 0.0685. The third-order valence-electron chi connectivity index (χ3n) is 2.62. The lowest BCUT2D eigenvalue weighted by molar-refractivity contribution is -0.201. The van der Waals surface area contributed by atoms with E-state index >= 15 is 0 Å². The highest BCUT2D eigenvalue weighted by Gasteiger charge is 2.34. The standard InChI is InChI=1S/C12H20N2O5/c1-3-4-7-18-12(2,13)8-11(17)19-14-9(15)5-6-10(14)16/h3-8,13H2,1-2H3. The molecule has 2 amide bonds. The fourth-order valence-corrected chi connectivity index (χ4v) is 1.58. The molecule has 0 spiro atoms. The van der Waals surface area contributed by atoms with Crippen molar-refractivity contribution < 1.29 is 24.0 Å². The van der Waals surface area contributed by atoms with Gasteiger partial charge in [-0.3, -0.25) is 9.59 Å². The van der Waals surface area contributed by atoms with Crippen molar-refractivity contribution in [3.8, 4) is 0 Å². The Morgan fingerprint density at radius 3 is 2.47 bits per heavy atom. The first-order valence-corrected chi connectivity index (χ1v) is 6.35. The van der Waals surface area contributed by atoms with Crippen LogP contribution in [0, 0.1) is 0 Å². The van der Waals surface area contributed by atoms with Crippen molar-refractivity contribution in [1.82, 2.24) is 5.06 Å². The Balaban J connectivity index is 2.41. The predicted octanol–water partition coefficient (Wildman–Crippen LogP) is 0.475. The second-order valence-corrected chi connectivity index (χ2v) is 4.74. The molecule has 1 aliphatic heterocycles. The van der Waals surface area contributed by atoms with E-state index in [9.17, 15) is 14.4 Å². The molecule has 1 rings (SSSR count). The number of hydroxylamine groups is 2. The molecule has 7 heteroatoms. The number of carbonyl (C=O) groups excluding carboxylic acids is 3. The molecule has 1 saturated heterocycles. The monoisotopic (exact) mass is 272 g/mol. The van der Waals surface area contributed by atoms with Crippen LogP contribution in [-0.2, 0) is 24.0 Å². The number of rotatable bonds is 7. The van der Waals surface area contributed by atoms with Crippen LogP contribution in [0.2, 0.25) is 0 Å². The topological polar surface area (TPSA) is 98.9 Å². The molecule has 19 heavy (non-hydrogen) atoms. The number of carbonyl (C=O) groups is 3. The number of nitrogens with zero attached hydrogens (tertiary/aromatic N) is 1. The average molecular weight is 272 g/mol. The number of hydrogen-bond acceptors (Lipinski definition) is 6. The molecule has 0 bridgehead atoms. The largest absolute Gasteiger partial charge is 0.361 e. The Morgan fingerprint density at radius 1 is 1.37 bits per heavy atom. The first-order valence-electron chi connectivity index (χ1n) is 6.35. The molecule has 1 atom stereocenters. The fourth-order valence-electron chi connectivity index (χ4n) is 1.58. The van der Waals surface area contributed by atoms with E-state index in [4.69, 9.17) is 15.3 Å². The van der Waals surface area contributed by atoms with E-state index in [1.54, 1.807) is 6.92 Å². The van der Waals surface area contributed by atoms with Gasteiger partial charge in [-0.2, -0.15) is 0 Å². The van der Waals surface area contributed by atoms with E-state index in [1.165, 1.54) is 0 Å². The van der Waals surface area contributed by atoms with Crippen molar-refractivity contribution in [1.29, 1.82) is 0 Å². The van der Waals surface area contributed by atoms with Gasteiger partial charge in [0.1, 0.15) is 5.72 Å². The highest BCUT2D eigenvalue weighted by atomic mass is 16.7. The smallest absolute Gasteiger partial charge is 0.337 e. The van der Waals surface area contributed by atoms with Gasteiger partial charge in [0.2, 0.25) is 0 Å². The van der Waals surface area contributed by atoms with Crippen LogP contribution in [0.15, 0.2) is 0 Å². The summed E-state index contributed by atoms with van der Waals surface area (Å²) in [6.07, 6.45) is 1.70. The van der Waals surface area contributed by atoms with E-state index in [-0.39, 0.29) is 19.3 Å². The van der Waals surface area contributed by atoms with Gasteiger partial charge in [0.15, 0.2) is 0 Å². The summed E-state index contributed by atoms with van der Waals surface area (Å²) >= 11 is 0. The summed E-state index contributed by atoms with van der Waals surface area (Å²) < 4.78 is 5.35. The molecular weight excluding hydrogens is 252 g/mol. The molecule has 1 aliphatic rings. The summed E-state index contributed by atoms with van der Waals surface area (Å²) in [6, 6.07) is 0. The molecule has 1 heterocycles. The second-order valence-electron chi connectivity index (χ2n) is 4.74. The predicted molar refractivity (Wildman–Crippen MR) is 65.2 cm³/mol. The Hall–Kier alpha value is -1.47. The molecule has 108 valence electrons. The van der Waals surface area contributed by atoms with Crippen molar-refractivity contribution in [3.05, 3.63) is 0 Å². The Morgan fingerprint density at radius 2 is 1.95 bits per heavy atom. The van der Waals surface area contributed by atoms with Gasteiger partial charge in [0, 0.05) is 19.4 Å². The molecule has 7 nitrogen and oxygen atoms in total. The fraction of sp³-hybridized carbons (Fsp3) is 0.750. The normalized spacial score (nSPS) is 18.6.